The maximum Gasteiger partial charge on any atom is 0.134 e. The highest BCUT2D eigenvalue weighted by Crippen LogP contribution is 2.39. The van der Waals surface area contributed by atoms with Crippen LogP contribution in [0, 0.1) is 11.3 Å². The van der Waals surface area contributed by atoms with E-state index in [1.807, 2.05) is 6.07 Å². The number of nitrogens with zero attached hydrogens (tertiary/aromatic N) is 1. The van der Waals surface area contributed by atoms with Gasteiger partial charge in [0.15, 0.2) is 0 Å². The molecule has 0 bridgehead atoms. The second kappa shape index (κ2) is 4.85. The molecule has 1 aliphatic rings. The van der Waals surface area contributed by atoms with Crippen molar-refractivity contribution in [2.24, 2.45) is 11.3 Å². The minimum atomic E-state index is 0.0921. The summed E-state index contributed by atoms with van der Waals surface area (Å²) < 4.78 is 0. The molecule has 1 aromatic carbocycles. The highest BCUT2D eigenvalue weighted by Gasteiger charge is 2.43. The summed E-state index contributed by atoms with van der Waals surface area (Å²) in [6, 6.07) is 10.9. The Hall–Kier alpha value is -1.15. The summed E-state index contributed by atoms with van der Waals surface area (Å²) in [5.41, 5.74) is 1.42. The molecule has 0 saturated carbocycles. The molecule has 18 heavy (non-hydrogen) atoms. The van der Waals surface area contributed by atoms with Crippen molar-refractivity contribution in [2.45, 2.75) is 33.7 Å². The maximum absolute atomic E-state index is 11.7. The average molecular weight is 245 g/mol. The number of carbonyl (C=O) groups is 1. The van der Waals surface area contributed by atoms with Crippen molar-refractivity contribution in [2.75, 3.05) is 13.1 Å². The number of carbonyl (C=O) groups excluding carboxylic acids is 1. The SMILES string of the molecule is CC(=O)C1CN([C@@H](C)c2ccccc2)CC1(C)C. The molecule has 2 rings (SSSR count). The van der Waals surface area contributed by atoms with Gasteiger partial charge < -0.3 is 0 Å². The smallest absolute Gasteiger partial charge is 0.134 e. The van der Waals surface area contributed by atoms with Gasteiger partial charge in [-0.1, -0.05) is 44.2 Å². The Balaban J connectivity index is 2.15. The third kappa shape index (κ3) is 2.49. The van der Waals surface area contributed by atoms with E-state index in [9.17, 15) is 4.79 Å². The molecule has 0 amide bonds. The van der Waals surface area contributed by atoms with Crippen LogP contribution in [0.2, 0.25) is 0 Å². The molecule has 1 saturated heterocycles. The lowest BCUT2D eigenvalue weighted by molar-refractivity contribution is -0.122. The van der Waals surface area contributed by atoms with Crippen LogP contribution in [0.25, 0.3) is 0 Å². The second-order valence-electron chi connectivity index (χ2n) is 6.17. The second-order valence-corrected chi connectivity index (χ2v) is 6.17. The summed E-state index contributed by atoms with van der Waals surface area (Å²) in [6.07, 6.45) is 0. The van der Waals surface area contributed by atoms with Gasteiger partial charge in [-0.2, -0.15) is 0 Å². The van der Waals surface area contributed by atoms with Crippen molar-refractivity contribution in [3.63, 3.8) is 0 Å². The van der Waals surface area contributed by atoms with E-state index in [4.69, 9.17) is 0 Å². The Morgan fingerprint density at radius 1 is 1.33 bits per heavy atom. The van der Waals surface area contributed by atoms with Crippen LogP contribution in [0.1, 0.15) is 39.3 Å². The molecule has 0 N–H and O–H groups in total. The fourth-order valence-corrected chi connectivity index (χ4v) is 3.10. The van der Waals surface area contributed by atoms with E-state index in [1.54, 1.807) is 6.92 Å². The molecular weight excluding hydrogens is 222 g/mol. The molecular formula is C16H23NO. The van der Waals surface area contributed by atoms with Crippen LogP contribution in [-0.2, 0) is 4.79 Å². The number of benzene rings is 1. The van der Waals surface area contributed by atoms with Crippen LogP contribution in [0.4, 0.5) is 0 Å². The third-order valence-electron chi connectivity index (χ3n) is 4.29. The lowest BCUT2D eigenvalue weighted by atomic mass is 9.80. The molecule has 98 valence electrons. The zero-order valence-corrected chi connectivity index (χ0v) is 11.8. The Kier molecular flexibility index (Phi) is 3.58. The summed E-state index contributed by atoms with van der Waals surface area (Å²) in [5, 5.41) is 0. The van der Waals surface area contributed by atoms with E-state index in [1.165, 1.54) is 5.56 Å². The van der Waals surface area contributed by atoms with Crippen molar-refractivity contribution in [1.29, 1.82) is 0 Å². The Morgan fingerprint density at radius 3 is 2.44 bits per heavy atom. The van der Waals surface area contributed by atoms with Crippen LogP contribution < -0.4 is 0 Å². The van der Waals surface area contributed by atoms with Crippen LogP contribution in [0.3, 0.4) is 0 Å². The van der Waals surface area contributed by atoms with Gasteiger partial charge >= 0.3 is 0 Å². The molecule has 1 aromatic rings. The van der Waals surface area contributed by atoms with E-state index < -0.39 is 0 Å². The molecule has 0 radical (unpaired) electrons. The van der Waals surface area contributed by atoms with Gasteiger partial charge in [-0.25, -0.2) is 0 Å². The van der Waals surface area contributed by atoms with Crippen molar-refractivity contribution < 1.29 is 4.79 Å². The number of Topliss-reactive ketones (excluding diaryl/α,β-unsaturated/α-hetero) is 1. The van der Waals surface area contributed by atoms with Crippen molar-refractivity contribution in [3.8, 4) is 0 Å². The van der Waals surface area contributed by atoms with Gasteiger partial charge in [0.25, 0.3) is 0 Å². The zero-order chi connectivity index (χ0) is 13.3. The topological polar surface area (TPSA) is 20.3 Å². The molecule has 2 heteroatoms. The molecule has 1 fully saturated rings. The van der Waals surface area contributed by atoms with Gasteiger partial charge in [0, 0.05) is 25.0 Å². The van der Waals surface area contributed by atoms with E-state index >= 15 is 0 Å². The number of likely N-dealkylation sites (tertiary alicyclic amines) is 1. The van der Waals surface area contributed by atoms with Gasteiger partial charge in [0.2, 0.25) is 0 Å². The molecule has 0 aliphatic carbocycles. The lowest BCUT2D eigenvalue weighted by Crippen LogP contribution is -2.27. The maximum atomic E-state index is 11.7. The minimum Gasteiger partial charge on any atom is -0.300 e. The van der Waals surface area contributed by atoms with E-state index in [2.05, 4.69) is 49.9 Å². The highest BCUT2D eigenvalue weighted by atomic mass is 16.1. The Labute approximate surface area is 110 Å². The Morgan fingerprint density at radius 2 is 1.94 bits per heavy atom. The van der Waals surface area contributed by atoms with Crippen LogP contribution in [0.5, 0.6) is 0 Å². The normalized spacial score (nSPS) is 25.0. The first-order chi connectivity index (χ1) is 8.42. The fourth-order valence-electron chi connectivity index (χ4n) is 3.10. The van der Waals surface area contributed by atoms with Crippen molar-refractivity contribution in [1.82, 2.24) is 4.90 Å². The standard InChI is InChI=1S/C16H23NO/c1-12(14-8-6-5-7-9-14)17-10-15(13(2)18)16(3,4)11-17/h5-9,12,15H,10-11H2,1-4H3/t12-,15?/m0/s1. The fraction of sp³-hybridized carbons (Fsp3) is 0.562. The predicted octanol–water partition coefficient (Wildman–Crippen LogP) is 3.29. The van der Waals surface area contributed by atoms with E-state index in [0.717, 1.165) is 13.1 Å². The van der Waals surface area contributed by atoms with Crippen molar-refractivity contribution >= 4 is 5.78 Å². The predicted molar refractivity (Wildman–Crippen MR) is 74.4 cm³/mol. The van der Waals surface area contributed by atoms with Gasteiger partial charge in [-0.15, -0.1) is 0 Å². The molecule has 0 aromatic heterocycles. The lowest BCUT2D eigenvalue weighted by Gasteiger charge is -2.26. The third-order valence-corrected chi connectivity index (χ3v) is 4.29. The summed E-state index contributed by atoms with van der Waals surface area (Å²) in [5.74, 6) is 0.492. The van der Waals surface area contributed by atoms with Crippen LogP contribution >= 0.6 is 0 Å². The highest BCUT2D eigenvalue weighted by molar-refractivity contribution is 5.79. The number of hydrogen-bond donors (Lipinski definition) is 0. The molecule has 2 nitrogen and oxygen atoms in total. The first-order valence-electron chi connectivity index (χ1n) is 6.71. The van der Waals surface area contributed by atoms with Gasteiger partial charge in [-0.3, -0.25) is 9.69 Å². The van der Waals surface area contributed by atoms with Crippen molar-refractivity contribution in [3.05, 3.63) is 35.9 Å². The summed E-state index contributed by atoms with van der Waals surface area (Å²) in [7, 11) is 0. The quantitative estimate of drug-likeness (QED) is 0.814. The number of rotatable bonds is 3. The molecule has 1 aliphatic heterocycles. The molecule has 1 unspecified atom stereocenters. The first kappa shape index (κ1) is 13.3. The molecule has 2 atom stereocenters. The summed E-state index contributed by atoms with van der Waals surface area (Å²) in [6.45, 7) is 10.2. The van der Waals surface area contributed by atoms with Gasteiger partial charge in [0.1, 0.15) is 5.78 Å². The zero-order valence-electron chi connectivity index (χ0n) is 11.8. The molecule has 1 heterocycles. The van der Waals surface area contributed by atoms with Crippen LogP contribution in [-0.4, -0.2) is 23.8 Å². The molecule has 0 spiro atoms. The summed E-state index contributed by atoms with van der Waals surface area (Å²) in [4.78, 5) is 14.2. The van der Waals surface area contributed by atoms with E-state index in [0.29, 0.717) is 11.8 Å². The average Bonchev–Trinajstić information content (AvgIpc) is 2.65. The first-order valence-corrected chi connectivity index (χ1v) is 6.71. The van der Waals surface area contributed by atoms with E-state index in [-0.39, 0.29) is 11.3 Å². The van der Waals surface area contributed by atoms with Gasteiger partial charge in [-0.05, 0) is 24.8 Å². The Bertz CT molecular complexity index is 424. The summed E-state index contributed by atoms with van der Waals surface area (Å²) >= 11 is 0. The number of hydrogen-bond acceptors (Lipinski definition) is 2. The minimum absolute atomic E-state index is 0.0921. The largest absolute Gasteiger partial charge is 0.300 e. The monoisotopic (exact) mass is 245 g/mol. The number of ketones is 1. The van der Waals surface area contributed by atoms with Gasteiger partial charge in [0.05, 0.1) is 0 Å². The van der Waals surface area contributed by atoms with Crippen LogP contribution in [0.15, 0.2) is 30.3 Å².